The molecule has 1 fully saturated rings. The fourth-order valence-corrected chi connectivity index (χ4v) is 3.40. The molecular weight excluding hydrogens is 240 g/mol. The van der Waals surface area contributed by atoms with Gasteiger partial charge in [-0.3, -0.25) is 0 Å². The van der Waals surface area contributed by atoms with Gasteiger partial charge in [0, 0.05) is 0 Å². The van der Waals surface area contributed by atoms with E-state index >= 15 is 0 Å². The molecule has 118 valence electrons. The zero-order chi connectivity index (χ0) is 14.6. The number of hydrogen-bond donors (Lipinski definition) is 0. The van der Waals surface area contributed by atoms with Crippen LogP contribution in [-0.4, -0.2) is 0 Å². The van der Waals surface area contributed by atoms with Crippen LogP contribution >= 0.6 is 0 Å². The van der Waals surface area contributed by atoms with Crippen molar-refractivity contribution in [3.8, 4) is 0 Å². The van der Waals surface area contributed by atoms with Crippen molar-refractivity contribution in [2.75, 3.05) is 0 Å². The van der Waals surface area contributed by atoms with E-state index in [1.54, 1.807) is 0 Å². The van der Waals surface area contributed by atoms with Gasteiger partial charge >= 0.3 is 0 Å². The predicted octanol–water partition coefficient (Wildman–Crippen LogP) is 7.15. The van der Waals surface area contributed by atoms with Crippen LogP contribution in [0.15, 0.2) is 12.2 Å². The first-order valence-corrected chi connectivity index (χ1v) is 9.42. The van der Waals surface area contributed by atoms with Crippen LogP contribution in [0.5, 0.6) is 0 Å². The van der Waals surface area contributed by atoms with Crippen molar-refractivity contribution in [1.82, 2.24) is 0 Å². The second-order valence-electron chi connectivity index (χ2n) is 7.15. The summed E-state index contributed by atoms with van der Waals surface area (Å²) in [5.41, 5.74) is 0. The molecule has 0 aromatic rings. The highest BCUT2D eigenvalue weighted by Crippen LogP contribution is 2.32. The van der Waals surface area contributed by atoms with E-state index < -0.39 is 0 Å². The molecule has 1 saturated carbocycles. The monoisotopic (exact) mass is 278 g/mol. The molecule has 0 heterocycles. The van der Waals surface area contributed by atoms with Crippen LogP contribution in [0.4, 0.5) is 0 Å². The second kappa shape index (κ2) is 11.4. The topological polar surface area (TPSA) is 0 Å². The Kier molecular flexibility index (Phi) is 10.1. The number of rotatable bonds is 10. The molecule has 1 rings (SSSR count). The van der Waals surface area contributed by atoms with Crippen molar-refractivity contribution in [2.24, 2.45) is 17.8 Å². The van der Waals surface area contributed by atoms with Crippen LogP contribution in [0, 0.1) is 17.8 Å². The quantitative estimate of drug-likeness (QED) is 0.294. The molecule has 0 aliphatic heterocycles. The lowest BCUT2D eigenvalue weighted by molar-refractivity contribution is 0.288. The van der Waals surface area contributed by atoms with Gasteiger partial charge in [-0.05, 0) is 56.3 Å². The van der Waals surface area contributed by atoms with Crippen molar-refractivity contribution in [2.45, 2.75) is 97.8 Å². The summed E-state index contributed by atoms with van der Waals surface area (Å²) in [5, 5.41) is 0. The van der Waals surface area contributed by atoms with Gasteiger partial charge in [-0.25, -0.2) is 0 Å². The Bertz CT molecular complexity index is 232. The first-order chi connectivity index (χ1) is 9.76. The van der Waals surface area contributed by atoms with E-state index in [1.165, 1.54) is 77.0 Å². The normalized spacial score (nSPS) is 25.1. The molecule has 1 aliphatic rings. The zero-order valence-electron chi connectivity index (χ0n) is 14.4. The van der Waals surface area contributed by atoms with Crippen LogP contribution < -0.4 is 0 Å². The Hall–Kier alpha value is -0.260. The molecule has 0 nitrogen and oxygen atoms in total. The maximum Gasteiger partial charge on any atom is -0.0233 e. The van der Waals surface area contributed by atoms with Gasteiger partial charge in [0.1, 0.15) is 0 Å². The third-order valence-electron chi connectivity index (χ3n) is 5.29. The Morgan fingerprint density at radius 2 is 1.75 bits per heavy atom. The van der Waals surface area contributed by atoms with Crippen molar-refractivity contribution in [3.63, 3.8) is 0 Å². The summed E-state index contributed by atoms with van der Waals surface area (Å²) in [6, 6.07) is 0. The van der Waals surface area contributed by atoms with Gasteiger partial charge in [-0.1, -0.05) is 71.4 Å². The number of hydrogen-bond acceptors (Lipinski definition) is 0. The van der Waals surface area contributed by atoms with E-state index in [0.29, 0.717) is 0 Å². The Labute approximate surface area is 128 Å². The smallest absolute Gasteiger partial charge is 0.0233 e. The van der Waals surface area contributed by atoms with Crippen LogP contribution in [0.3, 0.4) is 0 Å². The molecule has 0 heteroatoms. The summed E-state index contributed by atoms with van der Waals surface area (Å²) in [4.78, 5) is 0. The molecule has 0 N–H and O–H groups in total. The molecule has 0 saturated heterocycles. The van der Waals surface area contributed by atoms with Gasteiger partial charge in [0.15, 0.2) is 0 Å². The molecule has 1 atom stereocenters. The largest absolute Gasteiger partial charge is 0.0882 e. The number of allylic oxidation sites excluding steroid dienone is 2. The molecule has 0 spiro atoms. The van der Waals surface area contributed by atoms with Gasteiger partial charge in [0.05, 0.1) is 0 Å². The highest BCUT2D eigenvalue weighted by Gasteiger charge is 2.18. The van der Waals surface area contributed by atoms with Crippen LogP contribution in [-0.2, 0) is 0 Å². The number of unbranched alkanes of at least 4 members (excludes halogenated alkanes) is 3. The van der Waals surface area contributed by atoms with E-state index in [9.17, 15) is 0 Å². The van der Waals surface area contributed by atoms with Gasteiger partial charge in [-0.15, -0.1) is 0 Å². The standard InChI is InChI=1S/C20H38/c1-4-6-7-8-12-19-14-16-20(17-15-19)13-10-9-11-18(3)5-2/h10,13,18-20H,4-9,11-12,14-17H2,1-3H3/b13-10-. The zero-order valence-corrected chi connectivity index (χ0v) is 14.4. The lowest BCUT2D eigenvalue weighted by Crippen LogP contribution is -2.13. The van der Waals surface area contributed by atoms with Crippen LogP contribution in [0.25, 0.3) is 0 Å². The fraction of sp³-hybridized carbons (Fsp3) is 0.900. The lowest BCUT2D eigenvalue weighted by atomic mass is 9.79. The molecule has 0 aromatic heterocycles. The minimum Gasteiger partial charge on any atom is -0.0882 e. The van der Waals surface area contributed by atoms with Gasteiger partial charge in [-0.2, -0.15) is 0 Å². The molecular formula is C20H38. The summed E-state index contributed by atoms with van der Waals surface area (Å²) >= 11 is 0. The molecule has 1 aliphatic carbocycles. The highest BCUT2D eigenvalue weighted by atomic mass is 14.2. The maximum absolute atomic E-state index is 2.54. The molecule has 0 amide bonds. The third kappa shape index (κ3) is 8.12. The maximum atomic E-state index is 2.54. The van der Waals surface area contributed by atoms with E-state index in [1.807, 2.05) is 0 Å². The SMILES string of the molecule is CCCCCCC1CCC(/C=C\CCC(C)CC)CC1. The highest BCUT2D eigenvalue weighted by molar-refractivity contribution is 4.91. The molecule has 20 heavy (non-hydrogen) atoms. The summed E-state index contributed by atoms with van der Waals surface area (Å²) in [6.45, 7) is 6.98. The van der Waals surface area contributed by atoms with E-state index in [4.69, 9.17) is 0 Å². The molecule has 0 bridgehead atoms. The Balaban J connectivity index is 2.05. The third-order valence-corrected chi connectivity index (χ3v) is 5.29. The lowest BCUT2D eigenvalue weighted by Gasteiger charge is -2.26. The molecule has 0 radical (unpaired) electrons. The summed E-state index contributed by atoms with van der Waals surface area (Å²) in [7, 11) is 0. The Morgan fingerprint density at radius 1 is 1.00 bits per heavy atom. The van der Waals surface area contributed by atoms with E-state index in [-0.39, 0.29) is 0 Å². The first kappa shape index (κ1) is 17.8. The average Bonchev–Trinajstić information content (AvgIpc) is 2.49. The average molecular weight is 279 g/mol. The van der Waals surface area contributed by atoms with Gasteiger partial charge in [0.25, 0.3) is 0 Å². The van der Waals surface area contributed by atoms with Crippen LogP contribution in [0.2, 0.25) is 0 Å². The van der Waals surface area contributed by atoms with Gasteiger partial charge in [0.2, 0.25) is 0 Å². The van der Waals surface area contributed by atoms with E-state index in [0.717, 1.165) is 17.8 Å². The van der Waals surface area contributed by atoms with Gasteiger partial charge < -0.3 is 0 Å². The minimum atomic E-state index is 0.901. The summed E-state index contributed by atoms with van der Waals surface area (Å²) in [5.74, 6) is 2.86. The second-order valence-corrected chi connectivity index (χ2v) is 7.15. The fourth-order valence-electron chi connectivity index (χ4n) is 3.40. The Morgan fingerprint density at radius 3 is 2.40 bits per heavy atom. The first-order valence-electron chi connectivity index (χ1n) is 9.42. The molecule has 0 aromatic carbocycles. The summed E-state index contributed by atoms with van der Waals surface area (Å²) < 4.78 is 0. The van der Waals surface area contributed by atoms with Crippen molar-refractivity contribution >= 4 is 0 Å². The van der Waals surface area contributed by atoms with E-state index in [2.05, 4.69) is 32.9 Å². The van der Waals surface area contributed by atoms with Crippen molar-refractivity contribution in [1.29, 1.82) is 0 Å². The minimum absolute atomic E-state index is 0.901. The van der Waals surface area contributed by atoms with Crippen LogP contribution in [0.1, 0.15) is 97.8 Å². The van der Waals surface area contributed by atoms with Crippen molar-refractivity contribution in [3.05, 3.63) is 12.2 Å². The predicted molar refractivity (Wildman–Crippen MR) is 92.0 cm³/mol. The van der Waals surface area contributed by atoms with Crippen molar-refractivity contribution < 1.29 is 0 Å². The molecule has 1 unspecified atom stereocenters. The summed E-state index contributed by atoms with van der Waals surface area (Å²) in [6.07, 6.45) is 22.2.